The molecule has 3 rings (SSSR count). The Morgan fingerprint density at radius 1 is 1.06 bits per heavy atom. The van der Waals surface area contributed by atoms with Crippen LogP contribution >= 0.6 is 0 Å². The second-order valence-corrected chi connectivity index (χ2v) is 8.32. The molecule has 2 aliphatic rings. The van der Waals surface area contributed by atoms with E-state index in [0.717, 1.165) is 25.8 Å². The molecule has 1 aromatic rings. The van der Waals surface area contributed by atoms with Gasteiger partial charge in [0.2, 0.25) is 11.8 Å². The number of carbonyl (C=O) groups excluding carboxylic acids is 2. The Bertz CT molecular complexity index is 820. The lowest BCUT2D eigenvalue weighted by Gasteiger charge is -2.36. The van der Waals surface area contributed by atoms with Gasteiger partial charge in [0.25, 0.3) is 0 Å². The van der Waals surface area contributed by atoms with Gasteiger partial charge in [0.1, 0.15) is 11.7 Å². The molecule has 176 valence electrons. The molecule has 8 nitrogen and oxygen atoms in total. The number of anilines is 2. The quantitative estimate of drug-likeness (QED) is 0.370. The normalized spacial score (nSPS) is 19.7. The first-order valence-electron chi connectivity index (χ1n) is 11.1. The van der Waals surface area contributed by atoms with E-state index in [0.29, 0.717) is 32.6 Å². The van der Waals surface area contributed by atoms with Gasteiger partial charge in [-0.1, -0.05) is 12.8 Å². The zero-order valence-corrected chi connectivity index (χ0v) is 18.0. The van der Waals surface area contributed by atoms with Crippen molar-refractivity contribution < 1.29 is 28.3 Å². The molecule has 2 heterocycles. The van der Waals surface area contributed by atoms with Crippen LogP contribution in [0.3, 0.4) is 0 Å². The minimum atomic E-state index is -0.764. The molecule has 1 aromatic carbocycles. The van der Waals surface area contributed by atoms with Gasteiger partial charge in [0.15, 0.2) is 11.6 Å². The molecular weight excluding hydrogens is 422 g/mol. The Kier molecular flexibility index (Phi) is 8.38. The number of aliphatic carboxylic acids is 1. The van der Waals surface area contributed by atoms with E-state index in [1.165, 1.54) is 12.1 Å². The van der Waals surface area contributed by atoms with Gasteiger partial charge in [-0.15, -0.1) is 0 Å². The predicted octanol–water partition coefficient (Wildman–Crippen LogP) is 2.34. The summed E-state index contributed by atoms with van der Waals surface area (Å²) in [7, 11) is 0. The number of nitrogens with zero attached hydrogens (tertiary/aromatic N) is 2. The molecule has 0 bridgehead atoms. The Hall–Kier alpha value is -2.75. The van der Waals surface area contributed by atoms with Crippen LogP contribution in [-0.4, -0.2) is 66.6 Å². The number of nitrogens with one attached hydrogen (secondary N) is 2. The lowest BCUT2D eigenvalue weighted by molar-refractivity contribution is -0.137. The average Bonchev–Trinajstić information content (AvgIpc) is 2.73. The van der Waals surface area contributed by atoms with E-state index in [-0.39, 0.29) is 36.5 Å². The summed E-state index contributed by atoms with van der Waals surface area (Å²) in [5.74, 6) is -2.99. The van der Waals surface area contributed by atoms with E-state index in [1.807, 2.05) is 0 Å². The average molecular weight is 453 g/mol. The topological polar surface area (TPSA) is 102 Å². The lowest BCUT2D eigenvalue weighted by atomic mass is 10.1. The number of carboxylic acids is 1. The van der Waals surface area contributed by atoms with Crippen molar-refractivity contribution in [3.8, 4) is 0 Å². The van der Waals surface area contributed by atoms with Crippen LogP contribution in [0.2, 0.25) is 0 Å². The van der Waals surface area contributed by atoms with E-state index >= 15 is 0 Å². The van der Waals surface area contributed by atoms with Gasteiger partial charge in [-0.2, -0.15) is 0 Å². The first-order valence-corrected chi connectivity index (χ1v) is 11.1. The summed E-state index contributed by atoms with van der Waals surface area (Å²) >= 11 is 0. The zero-order valence-electron chi connectivity index (χ0n) is 18.0. The van der Waals surface area contributed by atoms with Gasteiger partial charge < -0.3 is 15.3 Å². The van der Waals surface area contributed by atoms with Crippen molar-refractivity contribution in [1.29, 1.82) is 0 Å². The summed E-state index contributed by atoms with van der Waals surface area (Å²) in [6, 6.07) is 1.67. The number of carbonyl (C=O) groups is 3. The Morgan fingerprint density at radius 2 is 1.72 bits per heavy atom. The third-order valence-electron chi connectivity index (χ3n) is 5.90. The maximum absolute atomic E-state index is 14.8. The highest BCUT2D eigenvalue weighted by molar-refractivity contribution is 6.01. The molecule has 2 saturated heterocycles. The second kappa shape index (κ2) is 11.2. The minimum absolute atomic E-state index is 0.0628. The van der Waals surface area contributed by atoms with Gasteiger partial charge in [0, 0.05) is 44.7 Å². The lowest BCUT2D eigenvalue weighted by Crippen LogP contribution is -2.47. The number of piperazine rings is 1. The van der Waals surface area contributed by atoms with Crippen LogP contribution in [0, 0.1) is 11.6 Å². The Morgan fingerprint density at radius 3 is 2.34 bits per heavy atom. The van der Waals surface area contributed by atoms with Gasteiger partial charge in [-0.05, 0) is 37.9 Å². The van der Waals surface area contributed by atoms with Crippen LogP contribution in [0.15, 0.2) is 12.1 Å². The smallest absolute Gasteiger partial charge is 0.303 e. The zero-order chi connectivity index (χ0) is 23.1. The van der Waals surface area contributed by atoms with Gasteiger partial charge in [0.05, 0.1) is 0 Å². The maximum atomic E-state index is 14.8. The SMILES string of the molecule is O=C(O)CCCCCCN1CCN(c2c(F)cc(NC3CCC(=O)NC3=O)cc2F)CC1. The fraction of sp³-hybridized carbons (Fsp3) is 0.591. The van der Waals surface area contributed by atoms with Crippen molar-refractivity contribution in [2.75, 3.05) is 42.9 Å². The standard InChI is InChI=1S/C22H30F2N4O4/c23-16-13-15(25-18-6-7-19(29)26-22(18)32)14-17(24)21(16)28-11-9-27(10-12-28)8-4-2-1-3-5-20(30)31/h13-14,18,25H,1-12H2,(H,30,31)(H,26,29,32). The summed E-state index contributed by atoms with van der Waals surface area (Å²) in [5, 5.41) is 13.7. The first kappa shape index (κ1) is 23.9. The molecule has 0 saturated carbocycles. The summed E-state index contributed by atoms with van der Waals surface area (Å²) in [4.78, 5) is 37.6. The second-order valence-electron chi connectivity index (χ2n) is 8.32. The third-order valence-corrected chi connectivity index (χ3v) is 5.90. The third kappa shape index (κ3) is 6.62. The highest BCUT2D eigenvalue weighted by atomic mass is 19.1. The fourth-order valence-electron chi connectivity index (χ4n) is 4.14. The monoisotopic (exact) mass is 452 g/mol. The van der Waals surface area contributed by atoms with Crippen LogP contribution in [0.25, 0.3) is 0 Å². The van der Waals surface area contributed by atoms with Crippen molar-refractivity contribution in [2.24, 2.45) is 0 Å². The highest BCUT2D eigenvalue weighted by Gasteiger charge is 2.28. The number of imide groups is 1. The van der Waals surface area contributed by atoms with Gasteiger partial charge in [-0.3, -0.25) is 24.6 Å². The Balaban J connectivity index is 1.47. The summed E-state index contributed by atoms with van der Waals surface area (Å²) in [6.45, 7) is 3.30. The summed E-state index contributed by atoms with van der Waals surface area (Å²) < 4.78 is 29.5. The number of amides is 2. The molecule has 1 unspecified atom stereocenters. The molecule has 1 atom stereocenters. The number of hydrogen-bond donors (Lipinski definition) is 3. The number of hydrogen-bond acceptors (Lipinski definition) is 6. The maximum Gasteiger partial charge on any atom is 0.303 e. The van der Waals surface area contributed by atoms with Crippen molar-refractivity contribution >= 4 is 29.2 Å². The minimum Gasteiger partial charge on any atom is -0.481 e. The number of unbranched alkanes of at least 4 members (excludes halogenated alkanes) is 3. The number of benzene rings is 1. The molecule has 0 aliphatic carbocycles. The van der Waals surface area contributed by atoms with Crippen LogP contribution in [0.1, 0.15) is 44.9 Å². The summed E-state index contributed by atoms with van der Waals surface area (Å²) in [6.07, 6.45) is 4.19. The highest BCUT2D eigenvalue weighted by Crippen LogP contribution is 2.29. The largest absolute Gasteiger partial charge is 0.481 e. The van der Waals surface area contributed by atoms with Crippen molar-refractivity contribution in [2.45, 2.75) is 51.0 Å². The van der Waals surface area contributed by atoms with E-state index in [4.69, 9.17) is 5.11 Å². The number of carboxylic acid groups (broad SMARTS) is 1. The molecule has 0 aromatic heterocycles. The van der Waals surface area contributed by atoms with E-state index in [1.54, 1.807) is 4.90 Å². The molecular formula is C22H30F2N4O4. The number of rotatable bonds is 10. The van der Waals surface area contributed by atoms with Crippen LogP contribution in [-0.2, 0) is 14.4 Å². The van der Waals surface area contributed by atoms with Crippen molar-refractivity contribution in [3.05, 3.63) is 23.8 Å². The molecule has 3 N–H and O–H groups in total. The first-order chi connectivity index (χ1) is 15.3. The van der Waals surface area contributed by atoms with Gasteiger partial charge >= 0.3 is 5.97 Å². The fourth-order valence-corrected chi connectivity index (χ4v) is 4.14. The van der Waals surface area contributed by atoms with Crippen molar-refractivity contribution in [3.63, 3.8) is 0 Å². The molecule has 10 heteroatoms. The molecule has 2 amide bonds. The van der Waals surface area contributed by atoms with Crippen LogP contribution in [0.5, 0.6) is 0 Å². The van der Waals surface area contributed by atoms with Gasteiger partial charge in [-0.25, -0.2) is 8.78 Å². The number of halogens is 2. The molecule has 2 aliphatic heterocycles. The van der Waals surface area contributed by atoms with E-state index < -0.39 is 29.6 Å². The molecule has 2 fully saturated rings. The van der Waals surface area contributed by atoms with Crippen molar-refractivity contribution in [1.82, 2.24) is 10.2 Å². The molecule has 0 spiro atoms. The predicted molar refractivity (Wildman–Crippen MR) is 116 cm³/mol. The Labute approximate surface area is 185 Å². The van der Waals surface area contributed by atoms with Crippen LogP contribution in [0.4, 0.5) is 20.2 Å². The molecule has 0 radical (unpaired) electrons. The molecule has 32 heavy (non-hydrogen) atoms. The summed E-state index contributed by atoms with van der Waals surface area (Å²) in [5.41, 5.74) is 0.104. The van der Waals surface area contributed by atoms with Crippen LogP contribution < -0.4 is 15.5 Å². The van der Waals surface area contributed by atoms with E-state index in [9.17, 15) is 23.2 Å². The number of piperidine rings is 1. The van der Waals surface area contributed by atoms with E-state index in [2.05, 4.69) is 15.5 Å².